The molecule has 0 bridgehead atoms. The van der Waals surface area contributed by atoms with Crippen LogP contribution in [0.2, 0.25) is 0 Å². The van der Waals surface area contributed by atoms with E-state index in [1.807, 2.05) is 5.32 Å². The molecule has 0 saturated heterocycles. The van der Waals surface area contributed by atoms with E-state index in [1.165, 1.54) is 12.1 Å². The van der Waals surface area contributed by atoms with Crippen LogP contribution in [0.3, 0.4) is 0 Å². The van der Waals surface area contributed by atoms with Gasteiger partial charge in [-0.2, -0.15) is 13.2 Å². The lowest BCUT2D eigenvalue weighted by atomic mass is 10.1. The molecule has 2 aromatic rings. The first kappa shape index (κ1) is 24.4. The minimum absolute atomic E-state index is 0.0502. The van der Waals surface area contributed by atoms with Gasteiger partial charge in [0.05, 0.1) is 21.6 Å². The molecule has 1 heterocycles. The molecule has 3 rings (SSSR count). The summed E-state index contributed by atoms with van der Waals surface area (Å²) in [4.78, 5) is 59.2. The van der Waals surface area contributed by atoms with Gasteiger partial charge in [0.1, 0.15) is 5.69 Å². The number of imide groups is 1. The highest BCUT2D eigenvalue weighted by Gasteiger charge is 2.35. The second-order valence-corrected chi connectivity index (χ2v) is 7.11. The molecule has 0 saturated carbocycles. The number of rotatable bonds is 8. The number of anilines is 1. The lowest BCUT2D eigenvalue weighted by molar-refractivity contribution is -0.384. The highest BCUT2D eigenvalue weighted by atomic mass is 19.4. The van der Waals surface area contributed by atoms with Crippen LogP contribution in [0.25, 0.3) is 0 Å². The Morgan fingerprint density at radius 2 is 1.68 bits per heavy atom. The molecule has 1 aliphatic rings. The standard InChI is InChI=1S/C21H16F3N3O7/c22-21(23,24)12-7-8-15(16(10-12)27(32)33)25-17(28)11-34-18(29)6-3-9-26-19(30)13-4-1-2-5-14(13)20(26)31/h1-2,4-5,7-8,10H,3,6,9,11H2,(H,25,28). The molecular weight excluding hydrogens is 463 g/mol. The first-order chi connectivity index (χ1) is 16.0. The molecule has 0 fully saturated rings. The maximum absolute atomic E-state index is 12.7. The summed E-state index contributed by atoms with van der Waals surface area (Å²) in [6, 6.07) is 7.84. The van der Waals surface area contributed by atoms with Gasteiger partial charge in [-0.3, -0.25) is 34.2 Å². The van der Waals surface area contributed by atoms with E-state index in [2.05, 4.69) is 0 Å². The van der Waals surface area contributed by atoms with Crippen molar-refractivity contribution < 1.29 is 42.0 Å². The number of fused-ring (bicyclic) bond motifs is 1. The van der Waals surface area contributed by atoms with Crippen LogP contribution in [0.1, 0.15) is 39.1 Å². The van der Waals surface area contributed by atoms with Gasteiger partial charge in [-0.25, -0.2) is 0 Å². The number of nitrogens with one attached hydrogen (secondary N) is 1. The number of ether oxygens (including phenoxy) is 1. The van der Waals surface area contributed by atoms with Gasteiger partial charge in [0.2, 0.25) is 0 Å². The quantitative estimate of drug-likeness (QED) is 0.266. The maximum Gasteiger partial charge on any atom is 0.416 e. The molecule has 0 spiro atoms. The molecule has 13 heteroatoms. The van der Waals surface area contributed by atoms with E-state index in [9.17, 15) is 42.5 Å². The van der Waals surface area contributed by atoms with Crippen LogP contribution in [-0.4, -0.2) is 46.7 Å². The van der Waals surface area contributed by atoms with Gasteiger partial charge in [-0.05, 0) is 30.7 Å². The summed E-state index contributed by atoms with van der Waals surface area (Å²) >= 11 is 0. The lowest BCUT2D eigenvalue weighted by Gasteiger charge is -2.13. The molecule has 0 radical (unpaired) electrons. The van der Waals surface area contributed by atoms with Crippen LogP contribution in [0.5, 0.6) is 0 Å². The number of halogens is 3. The number of nitrogens with zero attached hydrogens (tertiary/aromatic N) is 2. The molecule has 0 unspecified atom stereocenters. The molecule has 10 nitrogen and oxygen atoms in total. The van der Waals surface area contributed by atoms with Crippen LogP contribution in [-0.2, 0) is 20.5 Å². The zero-order valence-electron chi connectivity index (χ0n) is 17.3. The monoisotopic (exact) mass is 479 g/mol. The minimum atomic E-state index is -4.81. The van der Waals surface area contributed by atoms with Gasteiger partial charge in [-0.15, -0.1) is 0 Å². The van der Waals surface area contributed by atoms with E-state index < -0.39 is 58.3 Å². The van der Waals surface area contributed by atoms with Crippen molar-refractivity contribution in [2.75, 3.05) is 18.5 Å². The molecular formula is C21H16F3N3O7. The molecule has 3 amide bonds. The number of hydrogen-bond donors (Lipinski definition) is 1. The van der Waals surface area contributed by atoms with Crippen molar-refractivity contribution in [3.05, 3.63) is 69.3 Å². The highest BCUT2D eigenvalue weighted by Crippen LogP contribution is 2.35. The number of nitro benzene ring substituents is 1. The van der Waals surface area contributed by atoms with Crippen molar-refractivity contribution in [1.82, 2.24) is 4.90 Å². The van der Waals surface area contributed by atoms with Gasteiger partial charge >= 0.3 is 12.1 Å². The smallest absolute Gasteiger partial charge is 0.416 e. The number of hydrogen-bond acceptors (Lipinski definition) is 7. The fourth-order valence-corrected chi connectivity index (χ4v) is 3.19. The van der Waals surface area contributed by atoms with Crippen LogP contribution < -0.4 is 5.32 Å². The first-order valence-electron chi connectivity index (χ1n) is 9.75. The maximum atomic E-state index is 12.7. The van der Waals surface area contributed by atoms with Crippen molar-refractivity contribution in [2.24, 2.45) is 0 Å². The van der Waals surface area contributed by atoms with Gasteiger partial charge < -0.3 is 10.1 Å². The number of benzene rings is 2. The minimum Gasteiger partial charge on any atom is -0.456 e. The number of amides is 3. The summed E-state index contributed by atoms with van der Waals surface area (Å²) in [6.45, 7) is -0.893. The molecule has 0 aromatic heterocycles. The third-order valence-electron chi connectivity index (χ3n) is 4.80. The second kappa shape index (κ2) is 9.68. The van der Waals surface area contributed by atoms with Crippen molar-refractivity contribution in [3.8, 4) is 0 Å². The second-order valence-electron chi connectivity index (χ2n) is 7.11. The average Bonchev–Trinajstić information content (AvgIpc) is 3.02. The SMILES string of the molecule is O=C(COC(=O)CCCN1C(=O)c2ccccc2C1=O)Nc1ccc(C(F)(F)F)cc1[N+](=O)[O-]. The predicted molar refractivity (Wildman–Crippen MR) is 109 cm³/mol. The van der Waals surface area contributed by atoms with E-state index in [4.69, 9.17) is 4.74 Å². The Bertz CT molecular complexity index is 1150. The zero-order valence-corrected chi connectivity index (χ0v) is 17.3. The van der Waals surface area contributed by atoms with Gasteiger partial charge in [0.25, 0.3) is 23.4 Å². The van der Waals surface area contributed by atoms with Crippen LogP contribution in [0.4, 0.5) is 24.5 Å². The van der Waals surface area contributed by atoms with Crippen molar-refractivity contribution in [3.63, 3.8) is 0 Å². The largest absolute Gasteiger partial charge is 0.456 e. The Labute approximate surface area is 189 Å². The Hall–Kier alpha value is -4.29. The molecule has 2 aromatic carbocycles. The third kappa shape index (κ3) is 5.36. The van der Waals surface area contributed by atoms with E-state index in [0.717, 1.165) is 11.0 Å². The zero-order chi connectivity index (χ0) is 25.0. The normalized spacial score (nSPS) is 13.0. The number of alkyl halides is 3. The summed E-state index contributed by atoms with van der Waals surface area (Å²) in [5, 5.41) is 13.1. The molecule has 1 aliphatic heterocycles. The number of nitro groups is 1. The van der Waals surface area contributed by atoms with E-state index in [1.54, 1.807) is 12.1 Å². The van der Waals surface area contributed by atoms with Crippen LogP contribution in [0.15, 0.2) is 42.5 Å². The van der Waals surface area contributed by atoms with E-state index in [0.29, 0.717) is 6.07 Å². The van der Waals surface area contributed by atoms with Crippen LogP contribution >= 0.6 is 0 Å². The Balaban J connectivity index is 1.48. The van der Waals surface area contributed by atoms with Gasteiger partial charge in [0.15, 0.2) is 6.61 Å². The fraction of sp³-hybridized carbons (Fsp3) is 0.238. The van der Waals surface area contributed by atoms with E-state index in [-0.39, 0.29) is 36.6 Å². The van der Waals surface area contributed by atoms with E-state index >= 15 is 0 Å². The summed E-state index contributed by atoms with van der Waals surface area (Å²) < 4.78 is 43.0. The molecule has 178 valence electrons. The van der Waals surface area contributed by atoms with Gasteiger partial charge in [0, 0.05) is 19.0 Å². The average molecular weight is 479 g/mol. The third-order valence-corrected chi connectivity index (χ3v) is 4.80. The van der Waals surface area contributed by atoms with Gasteiger partial charge in [-0.1, -0.05) is 12.1 Å². The number of carbonyl (C=O) groups excluding carboxylic acids is 4. The van der Waals surface area contributed by atoms with Crippen molar-refractivity contribution in [1.29, 1.82) is 0 Å². The Kier molecular flexibility index (Phi) is 6.94. The summed E-state index contributed by atoms with van der Waals surface area (Å²) in [5.74, 6) is -2.80. The molecule has 0 aliphatic carbocycles. The lowest BCUT2D eigenvalue weighted by Crippen LogP contribution is -2.31. The fourth-order valence-electron chi connectivity index (χ4n) is 3.19. The van der Waals surface area contributed by atoms with Crippen molar-refractivity contribution in [2.45, 2.75) is 19.0 Å². The Morgan fingerprint density at radius 3 is 2.24 bits per heavy atom. The number of carbonyl (C=O) groups is 4. The topological polar surface area (TPSA) is 136 Å². The van der Waals surface area contributed by atoms with Crippen LogP contribution in [0, 0.1) is 10.1 Å². The molecule has 1 N–H and O–H groups in total. The molecule has 0 atom stereocenters. The number of esters is 1. The summed E-state index contributed by atoms with van der Waals surface area (Å²) in [6.07, 6.45) is -4.98. The Morgan fingerprint density at radius 1 is 1.06 bits per heavy atom. The summed E-state index contributed by atoms with van der Waals surface area (Å²) in [5.41, 5.74) is -2.20. The summed E-state index contributed by atoms with van der Waals surface area (Å²) in [7, 11) is 0. The molecule has 34 heavy (non-hydrogen) atoms. The first-order valence-corrected chi connectivity index (χ1v) is 9.75. The predicted octanol–water partition coefficient (Wildman–Crippen LogP) is 3.17. The van der Waals surface area contributed by atoms with Crippen molar-refractivity contribution >= 4 is 35.1 Å². The highest BCUT2D eigenvalue weighted by molar-refractivity contribution is 6.21.